The van der Waals surface area contributed by atoms with Gasteiger partial charge in [-0.25, -0.2) is 15.0 Å². The second-order valence-corrected chi connectivity index (χ2v) is 6.21. The van der Waals surface area contributed by atoms with Gasteiger partial charge in [-0.05, 0) is 37.3 Å². The van der Waals surface area contributed by atoms with Crippen molar-refractivity contribution in [1.29, 1.82) is 0 Å². The molecule has 1 aliphatic rings. The molecule has 1 unspecified atom stereocenters. The van der Waals surface area contributed by atoms with Crippen molar-refractivity contribution in [1.82, 2.24) is 19.9 Å². The molecule has 4 heterocycles. The first kappa shape index (κ1) is 16.7. The average Bonchev–Trinajstić information content (AvgIpc) is 3.08. The molecule has 4 rings (SSSR count). The number of nitrogens with zero attached hydrogens (tertiary/aromatic N) is 4. The molecule has 0 spiro atoms. The van der Waals surface area contributed by atoms with Gasteiger partial charge in [-0.1, -0.05) is 6.07 Å². The van der Waals surface area contributed by atoms with Crippen molar-refractivity contribution in [2.75, 3.05) is 25.1 Å². The Bertz CT molecular complexity index is 852. The number of rotatable bonds is 5. The van der Waals surface area contributed by atoms with Crippen LogP contribution in [-0.4, -0.2) is 39.6 Å². The third-order valence-corrected chi connectivity index (χ3v) is 4.29. The maximum absolute atomic E-state index is 5.73. The van der Waals surface area contributed by atoms with Gasteiger partial charge in [-0.15, -0.1) is 0 Å². The van der Waals surface area contributed by atoms with Crippen molar-refractivity contribution in [3.8, 4) is 0 Å². The Labute approximate surface area is 152 Å². The van der Waals surface area contributed by atoms with Crippen molar-refractivity contribution in [2.24, 2.45) is 0 Å². The standard InChI is InChI=1S/C19H21N5O2/c1-14-5-6-15(26-14)12-24-10-11-25-13-16(24)19-21-9-7-18(23-19)22-17-4-2-3-8-20-17/h2-9,16H,10-13H2,1H3,(H,20,21,22,23). The van der Waals surface area contributed by atoms with E-state index in [9.17, 15) is 0 Å². The molecular formula is C19H21N5O2. The number of aryl methyl sites for hydroxylation is 1. The monoisotopic (exact) mass is 351 g/mol. The van der Waals surface area contributed by atoms with Crippen LogP contribution >= 0.6 is 0 Å². The lowest BCUT2D eigenvalue weighted by Gasteiger charge is -2.33. The van der Waals surface area contributed by atoms with Gasteiger partial charge < -0.3 is 14.5 Å². The van der Waals surface area contributed by atoms with Crippen LogP contribution in [0.5, 0.6) is 0 Å². The molecule has 0 radical (unpaired) electrons. The van der Waals surface area contributed by atoms with Crippen LogP contribution in [0.15, 0.2) is 53.2 Å². The van der Waals surface area contributed by atoms with E-state index in [4.69, 9.17) is 9.15 Å². The zero-order valence-electron chi connectivity index (χ0n) is 14.6. The lowest BCUT2D eigenvalue weighted by molar-refractivity contribution is -0.0186. The summed E-state index contributed by atoms with van der Waals surface area (Å²) in [5.74, 6) is 4.06. The minimum atomic E-state index is -0.0142. The van der Waals surface area contributed by atoms with Gasteiger partial charge >= 0.3 is 0 Å². The van der Waals surface area contributed by atoms with Crippen molar-refractivity contribution in [3.05, 3.63) is 66.1 Å². The van der Waals surface area contributed by atoms with Gasteiger partial charge in [0.1, 0.15) is 29.0 Å². The van der Waals surface area contributed by atoms with E-state index in [0.29, 0.717) is 25.6 Å². The highest BCUT2D eigenvalue weighted by Gasteiger charge is 2.28. The van der Waals surface area contributed by atoms with E-state index in [2.05, 4.69) is 25.2 Å². The minimum Gasteiger partial charge on any atom is -0.465 e. The van der Waals surface area contributed by atoms with Gasteiger partial charge in [0, 0.05) is 18.9 Å². The van der Waals surface area contributed by atoms with Crippen LogP contribution in [0.3, 0.4) is 0 Å². The van der Waals surface area contributed by atoms with Crippen molar-refractivity contribution in [2.45, 2.75) is 19.5 Å². The summed E-state index contributed by atoms with van der Waals surface area (Å²) >= 11 is 0. The predicted molar refractivity (Wildman–Crippen MR) is 97.0 cm³/mol. The SMILES string of the molecule is Cc1ccc(CN2CCOCC2c2nccc(Nc3ccccn3)n2)o1. The number of hydrogen-bond acceptors (Lipinski definition) is 7. The molecule has 1 N–H and O–H groups in total. The van der Waals surface area contributed by atoms with Gasteiger partial charge in [0.2, 0.25) is 0 Å². The molecule has 0 bridgehead atoms. The Morgan fingerprint density at radius 3 is 2.88 bits per heavy atom. The number of furan rings is 1. The number of morpholine rings is 1. The van der Waals surface area contributed by atoms with E-state index in [0.717, 1.165) is 29.7 Å². The molecule has 0 aromatic carbocycles. The lowest BCUT2D eigenvalue weighted by Crippen LogP contribution is -2.39. The van der Waals surface area contributed by atoms with E-state index in [1.807, 2.05) is 43.3 Å². The van der Waals surface area contributed by atoms with E-state index < -0.39 is 0 Å². The average molecular weight is 351 g/mol. The molecule has 134 valence electrons. The van der Waals surface area contributed by atoms with Crippen LogP contribution in [0.2, 0.25) is 0 Å². The van der Waals surface area contributed by atoms with Gasteiger partial charge in [-0.2, -0.15) is 0 Å². The molecule has 1 atom stereocenters. The first-order valence-electron chi connectivity index (χ1n) is 8.66. The van der Waals surface area contributed by atoms with E-state index in [1.165, 1.54) is 0 Å². The summed E-state index contributed by atoms with van der Waals surface area (Å²) in [6.07, 6.45) is 3.50. The highest BCUT2D eigenvalue weighted by molar-refractivity contribution is 5.50. The normalized spacial score (nSPS) is 18.0. The largest absolute Gasteiger partial charge is 0.465 e. The van der Waals surface area contributed by atoms with Gasteiger partial charge in [0.15, 0.2) is 0 Å². The van der Waals surface area contributed by atoms with E-state index in [-0.39, 0.29) is 6.04 Å². The zero-order valence-corrected chi connectivity index (χ0v) is 14.6. The highest BCUT2D eigenvalue weighted by Crippen LogP contribution is 2.25. The topological polar surface area (TPSA) is 76.3 Å². The first-order valence-corrected chi connectivity index (χ1v) is 8.66. The number of pyridine rings is 1. The molecule has 7 heteroatoms. The maximum atomic E-state index is 5.73. The summed E-state index contributed by atoms with van der Waals surface area (Å²) in [6, 6.07) is 11.5. The molecule has 1 aliphatic heterocycles. The Kier molecular flexibility index (Phi) is 4.90. The van der Waals surface area contributed by atoms with Crippen LogP contribution in [0, 0.1) is 6.92 Å². The third kappa shape index (κ3) is 3.89. The summed E-state index contributed by atoms with van der Waals surface area (Å²) in [7, 11) is 0. The number of nitrogens with one attached hydrogen (secondary N) is 1. The predicted octanol–water partition coefficient (Wildman–Crippen LogP) is 3.09. The summed E-state index contributed by atoms with van der Waals surface area (Å²) in [6.45, 7) is 4.74. The van der Waals surface area contributed by atoms with Gasteiger partial charge in [-0.3, -0.25) is 4.90 Å². The number of anilines is 2. The summed E-state index contributed by atoms with van der Waals surface area (Å²) < 4.78 is 11.4. The Morgan fingerprint density at radius 1 is 1.12 bits per heavy atom. The number of ether oxygens (including phenoxy) is 1. The molecule has 3 aromatic rings. The minimum absolute atomic E-state index is 0.0142. The quantitative estimate of drug-likeness (QED) is 0.757. The molecule has 3 aromatic heterocycles. The molecule has 0 aliphatic carbocycles. The fourth-order valence-electron chi connectivity index (χ4n) is 3.01. The number of aromatic nitrogens is 3. The smallest absolute Gasteiger partial charge is 0.150 e. The second-order valence-electron chi connectivity index (χ2n) is 6.21. The summed E-state index contributed by atoms with van der Waals surface area (Å²) in [5.41, 5.74) is 0. The van der Waals surface area contributed by atoms with Crippen molar-refractivity contribution < 1.29 is 9.15 Å². The van der Waals surface area contributed by atoms with Gasteiger partial charge in [0.25, 0.3) is 0 Å². The van der Waals surface area contributed by atoms with Crippen LogP contribution in [0.4, 0.5) is 11.6 Å². The fraction of sp³-hybridized carbons (Fsp3) is 0.316. The third-order valence-electron chi connectivity index (χ3n) is 4.29. The maximum Gasteiger partial charge on any atom is 0.150 e. The lowest BCUT2D eigenvalue weighted by atomic mass is 10.2. The highest BCUT2D eigenvalue weighted by atomic mass is 16.5. The first-order chi connectivity index (χ1) is 12.8. The summed E-state index contributed by atoms with van der Waals surface area (Å²) in [4.78, 5) is 15.7. The Hall–Kier alpha value is -2.77. The molecule has 7 nitrogen and oxygen atoms in total. The molecule has 0 saturated carbocycles. The van der Waals surface area contributed by atoms with Crippen LogP contribution in [0.25, 0.3) is 0 Å². The fourth-order valence-corrected chi connectivity index (χ4v) is 3.01. The molecular weight excluding hydrogens is 330 g/mol. The van der Waals surface area contributed by atoms with Crippen molar-refractivity contribution in [3.63, 3.8) is 0 Å². The molecule has 1 saturated heterocycles. The molecule has 1 fully saturated rings. The zero-order chi connectivity index (χ0) is 17.8. The Morgan fingerprint density at radius 2 is 2.08 bits per heavy atom. The van der Waals surface area contributed by atoms with E-state index in [1.54, 1.807) is 12.4 Å². The van der Waals surface area contributed by atoms with Gasteiger partial charge in [0.05, 0.1) is 25.8 Å². The van der Waals surface area contributed by atoms with Crippen LogP contribution in [0.1, 0.15) is 23.4 Å². The molecule has 26 heavy (non-hydrogen) atoms. The number of hydrogen-bond donors (Lipinski definition) is 1. The van der Waals surface area contributed by atoms with Crippen LogP contribution in [-0.2, 0) is 11.3 Å². The van der Waals surface area contributed by atoms with Crippen molar-refractivity contribution >= 4 is 11.6 Å². The van der Waals surface area contributed by atoms with Crippen LogP contribution < -0.4 is 5.32 Å². The molecule has 0 amide bonds. The summed E-state index contributed by atoms with van der Waals surface area (Å²) in [5, 5.41) is 3.21. The van der Waals surface area contributed by atoms with E-state index >= 15 is 0 Å². The second kappa shape index (κ2) is 7.63. The Balaban J connectivity index is 1.53.